The number of hydrogen-bond donors (Lipinski definition) is 1. The Hall–Kier alpha value is -2.56. The molecule has 150 valence electrons. The average Bonchev–Trinajstić information content (AvgIpc) is 3.31. The van der Waals surface area contributed by atoms with Crippen LogP contribution >= 0.6 is 11.3 Å². The van der Waals surface area contributed by atoms with Gasteiger partial charge in [0, 0.05) is 42.1 Å². The fourth-order valence-corrected chi connectivity index (χ4v) is 5.22. The SMILES string of the molecule is CS(=O)(=O)n1ccnc1C1=NC(c2cccs2)C(N2CCC2)Nc2ncccc21. The van der Waals surface area contributed by atoms with Gasteiger partial charge in [0.15, 0.2) is 5.82 Å². The second kappa shape index (κ2) is 7.05. The molecule has 0 bridgehead atoms. The van der Waals surface area contributed by atoms with Crippen molar-refractivity contribution in [2.45, 2.75) is 18.6 Å². The maximum atomic E-state index is 12.3. The minimum absolute atomic E-state index is 0.0600. The lowest BCUT2D eigenvalue weighted by atomic mass is 10.1. The molecule has 0 aliphatic carbocycles. The third kappa shape index (κ3) is 3.26. The van der Waals surface area contributed by atoms with E-state index in [1.54, 1.807) is 17.5 Å². The zero-order valence-corrected chi connectivity index (χ0v) is 17.4. The van der Waals surface area contributed by atoms with Crippen molar-refractivity contribution in [3.8, 4) is 0 Å². The predicted octanol–water partition coefficient (Wildman–Crippen LogP) is 2.18. The summed E-state index contributed by atoms with van der Waals surface area (Å²) in [4.78, 5) is 17.4. The molecule has 29 heavy (non-hydrogen) atoms. The van der Waals surface area contributed by atoms with Gasteiger partial charge in [-0.3, -0.25) is 9.89 Å². The fourth-order valence-electron chi connectivity index (χ4n) is 3.70. The molecular weight excluding hydrogens is 408 g/mol. The molecule has 1 saturated heterocycles. The van der Waals surface area contributed by atoms with Gasteiger partial charge in [-0.2, -0.15) is 0 Å². The van der Waals surface area contributed by atoms with Crippen molar-refractivity contribution in [3.05, 3.63) is 64.5 Å². The first-order valence-corrected chi connectivity index (χ1v) is 12.1. The number of thiophene rings is 1. The molecule has 0 amide bonds. The van der Waals surface area contributed by atoms with E-state index in [9.17, 15) is 8.42 Å². The van der Waals surface area contributed by atoms with E-state index >= 15 is 0 Å². The Bertz CT molecular complexity index is 1170. The molecule has 10 heteroatoms. The Labute approximate surface area is 173 Å². The molecule has 5 heterocycles. The molecule has 0 radical (unpaired) electrons. The highest BCUT2D eigenvalue weighted by Gasteiger charge is 2.37. The lowest BCUT2D eigenvalue weighted by molar-refractivity contribution is 0.117. The minimum atomic E-state index is -3.52. The molecule has 5 rings (SSSR count). The first-order valence-electron chi connectivity index (χ1n) is 9.34. The third-order valence-corrected chi connectivity index (χ3v) is 7.16. The number of aromatic nitrogens is 3. The van der Waals surface area contributed by atoms with Crippen LogP contribution in [0.15, 0.2) is 53.2 Å². The molecule has 3 aromatic rings. The molecule has 2 aliphatic heterocycles. The number of rotatable bonds is 4. The van der Waals surface area contributed by atoms with Crippen LogP contribution in [-0.2, 0) is 10.0 Å². The quantitative estimate of drug-likeness (QED) is 0.685. The van der Waals surface area contributed by atoms with Gasteiger partial charge < -0.3 is 5.32 Å². The van der Waals surface area contributed by atoms with Crippen LogP contribution in [0.2, 0.25) is 0 Å². The van der Waals surface area contributed by atoms with Gasteiger partial charge in [-0.25, -0.2) is 22.4 Å². The Kier molecular flexibility index (Phi) is 4.49. The highest BCUT2D eigenvalue weighted by atomic mass is 32.2. The number of imidazole rings is 1. The second-order valence-corrected chi connectivity index (χ2v) is 9.96. The topological polar surface area (TPSA) is 92.5 Å². The summed E-state index contributed by atoms with van der Waals surface area (Å²) in [5.74, 6) is 0.986. The maximum absolute atomic E-state index is 12.3. The molecule has 3 aromatic heterocycles. The van der Waals surface area contributed by atoms with Gasteiger partial charge in [0.2, 0.25) is 10.0 Å². The number of nitrogens with zero attached hydrogens (tertiary/aromatic N) is 5. The minimum Gasteiger partial charge on any atom is -0.352 e. The summed E-state index contributed by atoms with van der Waals surface area (Å²) in [7, 11) is -3.52. The van der Waals surface area contributed by atoms with E-state index in [4.69, 9.17) is 4.99 Å². The molecular formula is C19H20N6O2S2. The number of nitrogens with one attached hydrogen (secondary N) is 1. The van der Waals surface area contributed by atoms with E-state index in [1.165, 1.54) is 16.4 Å². The van der Waals surface area contributed by atoms with Gasteiger partial charge in [-0.1, -0.05) is 6.07 Å². The maximum Gasteiger partial charge on any atom is 0.237 e. The van der Waals surface area contributed by atoms with E-state index in [-0.39, 0.29) is 12.2 Å². The molecule has 8 nitrogen and oxygen atoms in total. The summed E-state index contributed by atoms with van der Waals surface area (Å²) in [5, 5.41) is 5.60. The van der Waals surface area contributed by atoms with Crippen molar-refractivity contribution in [1.29, 1.82) is 0 Å². The predicted molar refractivity (Wildman–Crippen MR) is 113 cm³/mol. The smallest absolute Gasteiger partial charge is 0.237 e. The van der Waals surface area contributed by atoms with E-state index in [1.807, 2.05) is 23.6 Å². The van der Waals surface area contributed by atoms with Crippen molar-refractivity contribution in [2.24, 2.45) is 4.99 Å². The van der Waals surface area contributed by atoms with E-state index in [0.717, 1.165) is 36.2 Å². The zero-order valence-electron chi connectivity index (χ0n) is 15.8. The highest BCUT2D eigenvalue weighted by Crippen LogP contribution is 2.36. The molecule has 0 aromatic carbocycles. The lowest BCUT2D eigenvalue weighted by Crippen LogP contribution is -2.51. The molecule has 1 fully saturated rings. The van der Waals surface area contributed by atoms with Gasteiger partial charge in [0.1, 0.15) is 23.7 Å². The van der Waals surface area contributed by atoms with Crippen LogP contribution in [-0.4, -0.2) is 58.5 Å². The van der Waals surface area contributed by atoms with Crippen LogP contribution in [0.1, 0.15) is 28.7 Å². The van der Waals surface area contributed by atoms with Crippen LogP contribution < -0.4 is 5.32 Å². The van der Waals surface area contributed by atoms with Gasteiger partial charge in [0.05, 0.1) is 6.26 Å². The summed E-state index contributed by atoms with van der Waals surface area (Å²) in [6.45, 7) is 1.98. The van der Waals surface area contributed by atoms with E-state index in [0.29, 0.717) is 17.4 Å². The van der Waals surface area contributed by atoms with Crippen molar-refractivity contribution in [3.63, 3.8) is 0 Å². The zero-order chi connectivity index (χ0) is 20.0. The van der Waals surface area contributed by atoms with Crippen LogP contribution in [0.5, 0.6) is 0 Å². The monoisotopic (exact) mass is 428 g/mol. The van der Waals surface area contributed by atoms with Crippen LogP contribution in [0.25, 0.3) is 0 Å². The Morgan fingerprint density at radius 3 is 2.72 bits per heavy atom. The Morgan fingerprint density at radius 1 is 1.17 bits per heavy atom. The molecule has 2 aliphatic rings. The summed E-state index contributed by atoms with van der Waals surface area (Å²) < 4.78 is 25.8. The number of likely N-dealkylation sites (tertiary alicyclic amines) is 1. The summed E-state index contributed by atoms with van der Waals surface area (Å²) in [6, 6.07) is 7.60. The largest absolute Gasteiger partial charge is 0.352 e. The standard InChI is InChI=1S/C19H20N6O2S2/c1-29(26,27)25-11-8-21-18(25)15-13-5-2-7-20-17(13)23-19(24-9-4-10-24)16(22-15)14-6-3-12-28-14/h2-3,5-8,11-12,16,19H,4,9-10H2,1H3,(H,20,23). The number of anilines is 1. The summed E-state index contributed by atoms with van der Waals surface area (Å²) >= 11 is 1.64. The van der Waals surface area contributed by atoms with Crippen molar-refractivity contribution in [2.75, 3.05) is 24.7 Å². The van der Waals surface area contributed by atoms with Gasteiger partial charge in [0.25, 0.3) is 0 Å². The number of fused-ring (bicyclic) bond motifs is 1. The molecule has 0 saturated carbocycles. The van der Waals surface area contributed by atoms with E-state index in [2.05, 4.69) is 26.3 Å². The molecule has 1 N–H and O–H groups in total. The third-order valence-electron chi connectivity index (χ3n) is 5.21. The molecule has 2 atom stereocenters. The molecule has 0 spiro atoms. The second-order valence-electron chi connectivity index (χ2n) is 7.13. The first-order chi connectivity index (χ1) is 14.0. The fraction of sp³-hybridized carbons (Fsp3) is 0.316. The van der Waals surface area contributed by atoms with Crippen LogP contribution in [0, 0.1) is 0 Å². The number of pyridine rings is 1. The lowest BCUT2D eigenvalue weighted by Gasteiger charge is -2.40. The number of hydrogen-bond acceptors (Lipinski definition) is 8. The van der Waals surface area contributed by atoms with Gasteiger partial charge in [-0.05, 0) is 30.0 Å². The van der Waals surface area contributed by atoms with Crippen molar-refractivity contribution < 1.29 is 8.42 Å². The number of aliphatic imine (C=N–C) groups is 1. The van der Waals surface area contributed by atoms with Crippen molar-refractivity contribution in [1.82, 2.24) is 18.8 Å². The van der Waals surface area contributed by atoms with Crippen LogP contribution in [0.3, 0.4) is 0 Å². The normalized spacial score (nSPS) is 22.2. The summed E-state index contributed by atoms with van der Waals surface area (Å²) in [5.41, 5.74) is 1.27. The van der Waals surface area contributed by atoms with Crippen molar-refractivity contribution >= 4 is 32.9 Å². The first kappa shape index (κ1) is 18.5. The average molecular weight is 429 g/mol. The van der Waals surface area contributed by atoms with Crippen LogP contribution in [0.4, 0.5) is 5.82 Å². The van der Waals surface area contributed by atoms with Gasteiger partial charge >= 0.3 is 0 Å². The summed E-state index contributed by atoms with van der Waals surface area (Å²) in [6.07, 6.45) is 6.92. The Morgan fingerprint density at radius 2 is 2.03 bits per heavy atom. The highest BCUT2D eigenvalue weighted by molar-refractivity contribution is 7.89. The van der Waals surface area contributed by atoms with Gasteiger partial charge in [-0.15, -0.1) is 11.3 Å². The molecule has 2 unspecified atom stereocenters. The Balaban J connectivity index is 1.74. The van der Waals surface area contributed by atoms with E-state index < -0.39 is 10.0 Å².